The fraction of sp³-hybridized carbons (Fsp3) is 0.0588. The van der Waals surface area contributed by atoms with Crippen molar-refractivity contribution in [3.63, 3.8) is 0 Å². The van der Waals surface area contributed by atoms with Gasteiger partial charge in [-0.25, -0.2) is 9.97 Å². The Morgan fingerprint density at radius 2 is 2.09 bits per heavy atom. The summed E-state index contributed by atoms with van der Waals surface area (Å²) in [6, 6.07) is 13.1. The zero-order valence-corrected chi connectivity index (χ0v) is 11.8. The van der Waals surface area contributed by atoms with Crippen molar-refractivity contribution in [3.8, 4) is 18.1 Å². The van der Waals surface area contributed by atoms with Crippen LogP contribution in [-0.2, 0) is 0 Å². The van der Waals surface area contributed by atoms with E-state index >= 15 is 0 Å². The molecule has 22 heavy (non-hydrogen) atoms. The number of terminal acetylenes is 1. The topological polar surface area (TPSA) is 73.1 Å². The zero-order valence-electron chi connectivity index (χ0n) is 11.8. The van der Waals surface area contributed by atoms with Crippen LogP contribution >= 0.6 is 0 Å². The van der Waals surface area contributed by atoms with E-state index in [2.05, 4.69) is 21.2 Å². The van der Waals surface area contributed by atoms with Crippen LogP contribution < -0.4 is 15.8 Å². The molecule has 0 aliphatic carbocycles. The molecule has 0 fully saturated rings. The summed E-state index contributed by atoms with van der Waals surface area (Å²) >= 11 is 0. The Labute approximate surface area is 128 Å². The Morgan fingerprint density at radius 3 is 2.95 bits per heavy atom. The maximum absolute atomic E-state index is 5.78. The summed E-state index contributed by atoms with van der Waals surface area (Å²) in [4.78, 5) is 8.51. The number of aromatic nitrogens is 2. The van der Waals surface area contributed by atoms with E-state index in [1.54, 1.807) is 0 Å². The van der Waals surface area contributed by atoms with Crippen LogP contribution in [0.4, 0.5) is 17.2 Å². The minimum Gasteiger partial charge on any atom is -0.481 e. The first-order chi connectivity index (χ1) is 10.8. The van der Waals surface area contributed by atoms with Crippen molar-refractivity contribution in [3.05, 3.63) is 48.8 Å². The lowest BCUT2D eigenvalue weighted by atomic mass is 10.2. The third-order valence-electron chi connectivity index (χ3n) is 3.08. The van der Waals surface area contributed by atoms with Crippen LogP contribution in [-0.4, -0.2) is 16.6 Å². The number of hydrogen-bond donors (Lipinski definition) is 2. The van der Waals surface area contributed by atoms with Gasteiger partial charge in [0.2, 0.25) is 0 Å². The normalized spacial score (nSPS) is 10.1. The second kappa shape index (κ2) is 6.02. The number of fused-ring (bicyclic) bond motifs is 1. The van der Waals surface area contributed by atoms with E-state index in [4.69, 9.17) is 16.9 Å². The van der Waals surface area contributed by atoms with E-state index in [1.807, 2.05) is 42.5 Å². The van der Waals surface area contributed by atoms with Crippen molar-refractivity contribution in [1.82, 2.24) is 9.97 Å². The van der Waals surface area contributed by atoms with E-state index in [0.717, 1.165) is 16.6 Å². The molecule has 0 amide bonds. The highest BCUT2D eigenvalue weighted by atomic mass is 16.5. The van der Waals surface area contributed by atoms with Crippen molar-refractivity contribution in [1.29, 1.82) is 0 Å². The second-order valence-corrected chi connectivity index (χ2v) is 4.64. The summed E-state index contributed by atoms with van der Waals surface area (Å²) in [6.07, 6.45) is 6.70. The molecule has 0 saturated carbocycles. The summed E-state index contributed by atoms with van der Waals surface area (Å²) < 4.78 is 5.41. The molecule has 0 aliphatic heterocycles. The van der Waals surface area contributed by atoms with Gasteiger partial charge in [0.1, 0.15) is 24.5 Å². The Bertz CT molecular complexity index is 855. The molecule has 1 heterocycles. The highest BCUT2D eigenvalue weighted by Crippen LogP contribution is 2.26. The quantitative estimate of drug-likeness (QED) is 0.571. The van der Waals surface area contributed by atoms with Gasteiger partial charge in [-0.1, -0.05) is 12.0 Å². The Kier molecular flexibility index (Phi) is 3.75. The Morgan fingerprint density at radius 1 is 1.18 bits per heavy atom. The van der Waals surface area contributed by atoms with Crippen LogP contribution in [0.25, 0.3) is 10.9 Å². The predicted molar refractivity (Wildman–Crippen MR) is 88.0 cm³/mol. The molecule has 3 aromatic rings. The van der Waals surface area contributed by atoms with Crippen molar-refractivity contribution in [2.75, 3.05) is 17.7 Å². The molecule has 108 valence electrons. The van der Waals surface area contributed by atoms with Crippen LogP contribution in [0.15, 0.2) is 48.8 Å². The Hall–Kier alpha value is -3.26. The van der Waals surface area contributed by atoms with Gasteiger partial charge in [-0.05, 0) is 30.3 Å². The highest BCUT2D eigenvalue weighted by Gasteiger charge is 2.05. The molecule has 2 aromatic carbocycles. The molecule has 0 radical (unpaired) electrons. The predicted octanol–water partition coefficient (Wildman–Crippen LogP) is 2.97. The molecular weight excluding hydrogens is 276 g/mol. The molecule has 1 aromatic heterocycles. The summed E-state index contributed by atoms with van der Waals surface area (Å²) in [7, 11) is 0. The van der Waals surface area contributed by atoms with Crippen LogP contribution in [0.5, 0.6) is 5.75 Å². The number of hydrogen-bond acceptors (Lipinski definition) is 5. The largest absolute Gasteiger partial charge is 0.481 e. The number of nitrogens with one attached hydrogen (secondary N) is 1. The van der Waals surface area contributed by atoms with Crippen LogP contribution in [0.3, 0.4) is 0 Å². The van der Waals surface area contributed by atoms with Crippen LogP contribution in [0.1, 0.15) is 0 Å². The lowest BCUT2D eigenvalue weighted by molar-refractivity contribution is 0.370. The van der Waals surface area contributed by atoms with E-state index in [0.29, 0.717) is 17.3 Å². The van der Waals surface area contributed by atoms with E-state index in [-0.39, 0.29) is 6.61 Å². The molecule has 0 spiro atoms. The molecule has 3 N–H and O–H groups in total. The SMILES string of the molecule is C#CCOc1cccc(Nc2ncnc3cc(N)ccc23)c1. The van der Waals surface area contributed by atoms with Gasteiger partial charge >= 0.3 is 0 Å². The maximum Gasteiger partial charge on any atom is 0.148 e. The lowest BCUT2D eigenvalue weighted by Gasteiger charge is -2.10. The smallest absolute Gasteiger partial charge is 0.148 e. The van der Waals surface area contributed by atoms with Crippen LogP contribution in [0, 0.1) is 12.3 Å². The summed E-state index contributed by atoms with van der Waals surface area (Å²) in [5, 5.41) is 4.15. The van der Waals surface area contributed by atoms with Gasteiger partial charge in [-0.3, -0.25) is 0 Å². The molecule has 0 aliphatic rings. The molecule has 0 bridgehead atoms. The van der Waals surface area contributed by atoms with Gasteiger partial charge < -0.3 is 15.8 Å². The van der Waals surface area contributed by atoms with E-state index in [1.165, 1.54) is 6.33 Å². The lowest BCUT2D eigenvalue weighted by Crippen LogP contribution is -1.98. The monoisotopic (exact) mass is 290 g/mol. The number of nitrogen functional groups attached to an aromatic ring is 1. The number of nitrogens with zero attached hydrogens (tertiary/aromatic N) is 2. The minimum absolute atomic E-state index is 0.235. The van der Waals surface area contributed by atoms with Crippen molar-refractivity contribution in [2.45, 2.75) is 0 Å². The maximum atomic E-state index is 5.78. The number of nitrogens with two attached hydrogens (primary N) is 1. The fourth-order valence-electron chi connectivity index (χ4n) is 2.10. The number of ether oxygens (including phenoxy) is 1. The van der Waals surface area contributed by atoms with Crippen molar-refractivity contribution >= 4 is 28.1 Å². The van der Waals surface area contributed by atoms with Gasteiger partial charge in [-0.15, -0.1) is 6.42 Å². The zero-order chi connectivity index (χ0) is 15.4. The number of rotatable bonds is 4. The number of benzene rings is 2. The van der Waals surface area contributed by atoms with Crippen molar-refractivity contribution in [2.24, 2.45) is 0 Å². The third-order valence-corrected chi connectivity index (χ3v) is 3.08. The second-order valence-electron chi connectivity index (χ2n) is 4.64. The standard InChI is InChI=1S/C17H14N4O/c1-2-8-22-14-5-3-4-13(10-14)21-17-15-7-6-12(18)9-16(15)19-11-20-17/h1,3-7,9-11H,8,18H2,(H,19,20,21). The van der Waals surface area contributed by atoms with E-state index < -0.39 is 0 Å². The molecule has 5 heteroatoms. The third kappa shape index (κ3) is 2.91. The van der Waals surface area contributed by atoms with Crippen molar-refractivity contribution < 1.29 is 4.74 Å². The average molecular weight is 290 g/mol. The first-order valence-corrected chi connectivity index (χ1v) is 6.70. The molecular formula is C17H14N4O. The molecule has 0 saturated heterocycles. The van der Waals surface area contributed by atoms with Gasteiger partial charge in [0.15, 0.2) is 0 Å². The molecule has 0 unspecified atom stereocenters. The molecule has 5 nitrogen and oxygen atoms in total. The molecule has 0 atom stereocenters. The Balaban J connectivity index is 1.92. The minimum atomic E-state index is 0.235. The first-order valence-electron chi connectivity index (χ1n) is 6.70. The summed E-state index contributed by atoms with van der Waals surface area (Å²) in [5.74, 6) is 3.85. The molecule has 3 rings (SSSR count). The average Bonchev–Trinajstić information content (AvgIpc) is 2.53. The van der Waals surface area contributed by atoms with Gasteiger partial charge in [0, 0.05) is 22.8 Å². The van der Waals surface area contributed by atoms with Gasteiger partial charge in [0.25, 0.3) is 0 Å². The van der Waals surface area contributed by atoms with Crippen LogP contribution in [0.2, 0.25) is 0 Å². The highest BCUT2D eigenvalue weighted by molar-refractivity contribution is 5.92. The summed E-state index contributed by atoms with van der Waals surface area (Å²) in [6.45, 7) is 0.235. The van der Waals surface area contributed by atoms with E-state index in [9.17, 15) is 0 Å². The fourth-order valence-corrected chi connectivity index (χ4v) is 2.10. The summed E-state index contributed by atoms with van der Waals surface area (Å²) in [5.41, 5.74) is 8.09. The number of anilines is 3. The van der Waals surface area contributed by atoms with Gasteiger partial charge in [0.05, 0.1) is 5.52 Å². The van der Waals surface area contributed by atoms with Gasteiger partial charge in [-0.2, -0.15) is 0 Å². The first kappa shape index (κ1) is 13.7.